The Hall–Kier alpha value is -1.83. The van der Waals surface area contributed by atoms with Gasteiger partial charge in [-0.05, 0) is 80.5 Å². The number of hydrogen-bond donors (Lipinski definition) is 4. The van der Waals surface area contributed by atoms with Crippen LogP contribution in [0.5, 0.6) is 0 Å². The second kappa shape index (κ2) is 7.61. The van der Waals surface area contributed by atoms with Gasteiger partial charge in [-0.2, -0.15) is 0 Å². The zero-order valence-electron chi connectivity index (χ0n) is 19.1. The van der Waals surface area contributed by atoms with Crippen LogP contribution in [0.2, 0.25) is 0 Å². The Bertz CT molecular complexity index is 1000. The van der Waals surface area contributed by atoms with Gasteiger partial charge in [0.25, 0.3) is 0 Å². The van der Waals surface area contributed by atoms with E-state index in [1.807, 2.05) is 37.3 Å². The highest BCUT2D eigenvalue weighted by atomic mass is 16.3. The van der Waals surface area contributed by atoms with E-state index < -0.39 is 23.9 Å². The lowest BCUT2D eigenvalue weighted by Crippen LogP contribution is -2.58. The fourth-order valence-electron chi connectivity index (χ4n) is 6.82. The average molecular weight is 439 g/mol. The van der Waals surface area contributed by atoms with Crippen molar-refractivity contribution < 1.29 is 20.4 Å². The molecule has 0 aliphatic heterocycles. The Balaban J connectivity index is 1.54. The Labute approximate surface area is 189 Å². The fourth-order valence-corrected chi connectivity index (χ4v) is 6.82. The highest BCUT2D eigenvalue weighted by Gasteiger charge is 2.53. The van der Waals surface area contributed by atoms with Gasteiger partial charge in [0.15, 0.2) is 0 Å². The number of pyridine rings is 1. The first-order valence-electron chi connectivity index (χ1n) is 11.6. The third-order valence-electron chi connectivity index (χ3n) is 8.59. The van der Waals surface area contributed by atoms with E-state index in [4.69, 9.17) is 0 Å². The second-order valence-electron chi connectivity index (χ2n) is 10.6. The Morgan fingerprint density at radius 3 is 2.62 bits per heavy atom. The SMILES string of the molecule is CN(C)[C@H]1C[C@]2(O)CCC3=C(C=C2[C@@H](O)[C@@H]1O)C(O)C[C@]1(C)C(c2cccnc2)=CCC31. The van der Waals surface area contributed by atoms with Gasteiger partial charge in [-0.1, -0.05) is 30.7 Å². The lowest BCUT2D eigenvalue weighted by Gasteiger charge is -2.46. The molecule has 172 valence electrons. The molecular weight excluding hydrogens is 404 g/mol. The van der Waals surface area contributed by atoms with Gasteiger partial charge in [0, 0.05) is 23.9 Å². The Morgan fingerprint density at radius 1 is 1.16 bits per heavy atom. The van der Waals surface area contributed by atoms with Crippen molar-refractivity contribution in [3.05, 3.63) is 59.0 Å². The van der Waals surface area contributed by atoms with Gasteiger partial charge in [0.2, 0.25) is 0 Å². The van der Waals surface area contributed by atoms with E-state index in [1.165, 1.54) is 11.1 Å². The van der Waals surface area contributed by atoms with E-state index in [0.717, 1.165) is 17.6 Å². The number of rotatable bonds is 2. The lowest BCUT2D eigenvalue weighted by molar-refractivity contribution is -0.0922. The number of fused-ring (bicyclic) bond motifs is 3. The summed E-state index contributed by atoms with van der Waals surface area (Å²) in [5.41, 5.74) is 3.39. The molecule has 1 aromatic heterocycles. The van der Waals surface area contributed by atoms with E-state index in [9.17, 15) is 20.4 Å². The summed E-state index contributed by atoms with van der Waals surface area (Å²) in [6, 6.07) is 3.69. The molecule has 6 nitrogen and oxygen atoms in total. The van der Waals surface area contributed by atoms with Crippen LogP contribution in [0.25, 0.3) is 5.57 Å². The molecule has 4 aliphatic carbocycles. The number of aliphatic hydroxyl groups is 4. The van der Waals surface area contributed by atoms with Gasteiger partial charge >= 0.3 is 0 Å². The maximum atomic E-state index is 11.7. The Kier molecular flexibility index (Phi) is 5.23. The molecule has 0 aromatic carbocycles. The van der Waals surface area contributed by atoms with Crippen molar-refractivity contribution in [2.24, 2.45) is 11.3 Å². The van der Waals surface area contributed by atoms with Crippen LogP contribution in [-0.2, 0) is 0 Å². The molecule has 0 bridgehead atoms. The van der Waals surface area contributed by atoms with Crippen LogP contribution in [0.4, 0.5) is 0 Å². The molecule has 4 N–H and O–H groups in total. The molecule has 2 unspecified atom stereocenters. The first kappa shape index (κ1) is 22.0. The number of likely N-dealkylation sites (N-methyl/N-ethyl adjacent to an activating group) is 1. The molecule has 0 saturated heterocycles. The van der Waals surface area contributed by atoms with Crippen molar-refractivity contribution in [2.75, 3.05) is 14.1 Å². The highest BCUT2D eigenvalue weighted by Crippen LogP contribution is 2.60. The van der Waals surface area contributed by atoms with Gasteiger partial charge in [-0.15, -0.1) is 0 Å². The minimum absolute atomic E-state index is 0.206. The molecule has 32 heavy (non-hydrogen) atoms. The monoisotopic (exact) mass is 438 g/mol. The van der Waals surface area contributed by atoms with Gasteiger partial charge in [-0.25, -0.2) is 0 Å². The van der Waals surface area contributed by atoms with Gasteiger partial charge < -0.3 is 25.3 Å². The quantitative estimate of drug-likeness (QED) is 0.564. The van der Waals surface area contributed by atoms with E-state index in [0.29, 0.717) is 31.3 Å². The second-order valence-corrected chi connectivity index (χ2v) is 10.6. The molecule has 1 aromatic rings. The third-order valence-corrected chi connectivity index (χ3v) is 8.59. The molecule has 6 heteroatoms. The zero-order chi connectivity index (χ0) is 22.8. The smallest absolute Gasteiger partial charge is 0.105 e. The minimum Gasteiger partial charge on any atom is -0.388 e. The maximum absolute atomic E-state index is 11.7. The predicted octanol–water partition coefficient (Wildman–Crippen LogP) is 2.06. The number of nitrogens with zero attached hydrogens (tertiary/aromatic N) is 2. The van der Waals surface area contributed by atoms with Crippen LogP contribution in [0, 0.1) is 11.3 Å². The average Bonchev–Trinajstić information content (AvgIpc) is 3.00. The molecule has 0 radical (unpaired) electrons. The molecule has 0 spiro atoms. The molecule has 5 rings (SSSR count). The maximum Gasteiger partial charge on any atom is 0.105 e. The van der Waals surface area contributed by atoms with Crippen LogP contribution >= 0.6 is 0 Å². The van der Waals surface area contributed by atoms with E-state index >= 15 is 0 Å². The van der Waals surface area contributed by atoms with Crippen LogP contribution < -0.4 is 0 Å². The molecular formula is C26H34N2O4. The molecule has 1 heterocycles. The van der Waals surface area contributed by atoms with Crippen molar-refractivity contribution >= 4 is 5.57 Å². The molecule has 1 fully saturated rings. The Morgan fingerprint density at radius 2 is 1.94 bits per heavy atom. The highest BCUT2D eigenvalue weighted by molar-refractivity contribution is 5.74. The first-order chi connectivity index (χ1) is 15.2. The van der Waals surface area contributed by atoms with Crippen molar-refractivity contribution in [1.29, 1.82) is 0 Å². The summed E-state index contributed by atoms with van der Waals surface area (Å²) in [5.74, 6) is 0.239. The summed E-state index contributed by atoms with van der Waals surface area (Å²) in [6.45, 7) is 2.23. The van der Waals surface area contributed by atoms with Gasteiger partial charge in [-0.3, -0.25) is 4.98 Å². The molecule has 7 atom stereocenters. The standard InChI is InChI=1S/C26H34N2O4/c1-25-13-22(29)17-11-20-23(30)24(31)21(28(2)3)12-26(20,32)9-8-16(17)19(25)7-6-18(25)15-5-4-10-27-14-15/h4-6,10-11,14,19,21-24,29-32H,7-9,12-13H2,1-3H3/t19?,21-,22?,23+,24+,25+,26+/m0/s1. The first-order valence-corrected chi connectivity index (χ1v) is 11.6. The van der Waals surface area contributed by atoms with E-state index in [2.05, 4.69) is 24.1 Å². The van der Waals surface area contributed by atoms with Crippen LogP contribution in [0.3, 0.4) is 0 Å². The topological polar surface area (TPSA) is 97.1 Å². The third kappa shape index (κ3) is 3.16. The number of aromatic nitrogens is 1. The molecule has 0 amide bonds. The minimum atomic E-state index is -1.20. The van der Waals surface area contributed by atoms with Crippen LogP contribution in [0.1, 0.15) is 44.6 Å². The van der Waals surface area contributed by atoms with Crippen molar-refractivity contribution in [1.82, 2.24) is 9.88 Å². The van der Waals surface area contributed by atoms with E-state index in [1.54, 1.807) is 6.20 Å². The van der Waals surface area contributed by atoms with Crippen molar-refractivity contribution in [3.63, 3.8) is 0 Å². The molecule has 1 saturated carbocycles. The summed E-state index contributed by atoms with van der Waals surface area (Å²) in [6.07, 6.45) is 7.93. The fraction of sp³-hybridized carbons (Fsp3) is 0.577. The lowest BCUT2D eigenvalue weighted by atomic mass is 9.61. The zero-order valence-corrected chi connectivity index (χ0v) is 19.1. The van der Waals surface area contributed by atoms with Crippen molar-refractivity contribution in [2.45, 2.75) is 69.0 Å². The normalized spacial score (nSPS) is 41.4. The summed E-state index contributed by atoms with van der Waals surface area (Å²) in [4.78, 5) is 6.16. The van der Waals surface area contributed by atoms with Gasteiger partial charge in [0.1, 0.15) is 6.10 Å². The summed E-state index contributed by atoms with van der Waals surface area (Å²) >= 11 is 0. The van der Waals surface area contributed by atoms with Gasteiger partial charge in [0.05, 0.1) is 17.8 Å². The summed E-state index contributed by atoms with van der Waals surface area (Å²) < 4.78 is 0. The number of hydrogen-bond acceptors (Lipinski definition) is 6. The summed E-state index contributed by atoms with van der Waals surface area (Å²) in [5, 5.41) is 44.6. The summed E-state index contributed by atoms with van der Waals surface area (Å²) in [7, 11) is 3.72. The van der Waals surface area contributed by atoms with Crippen molar-refractivity contribution in [3.8, 4) is 0 Å². The largest absolute Gasteiger partial charge is 0.388 e. The van der Waals surface area contributed by atoms with E-state index in [-0.39, 0.29) is 17.4 Å². The number of aliphatic hydroxyl groups excluding tert-OH is 3. The molecule has 4 aliphatic rings. The van der Waals surface area contributed by atoms with Crippen LogP contribution in [-0.4, -0.2) is 74.4 Å². The number of allylic oxidation sites excluding steroid dienone is 3. The predicted molar refractivity (Wildman–Crippen MR) is 122 cm³/mol. The van der Waals surface area contributed by atoms with Crippen LogP contribution in [0.15, 0.2) is 53.4 Å².